The summed E-state index contributed by atoms with van der Waals surface area (Å²) in [6.07, 6.45) is 3.54. The van der Waals surface area contributed by atoms with E-state index in [1.54, 1.807) is 19.4 Å². The maximum Gasteiger partial charge on any atom is 0.272 e. The molecule has 8 heteroatoms. The Morgan fingerprint density at radius 2 is 2.00 bits per heavy atom. The first-order valence-corrected chi connectivity index (χ1v) is 10.3. The number of fused-ring (bicyclic) bond motifs is 1. The van der Waals surface area contributed by atoms with Crippen LogP contribution in [0, 0.1) is 12.3 Å². The van der Waals surface area contributed by atoms with Gasteiger partial charge in [0.25, 0.3) is 5.91 Å². The highest BCUT2D eigenvalue weighted by Crippen LogP contribution is 2.30. The third kappa shape index (κ3) is 4.09. The SMILES string of the molecule is CNC(=O)[C@@H](NC(=O)c1nc(-c2ccncc2C)n2c1CN(C)C(C)C2)C(C)(C)C. The number of hydrogen-bond acceptors (Lipinski definition) is 5. The zero-order valence-corrected chi connectivity index (χ0v) is 18.9. The van der Waals surface area contributed by atoms with Gasteiger partial charge in [-0.1, -0.05) is 20.8 Å². The number of likely N-dealkylation sites (N-methyl/N-ethyl adjacent to an activating group) is 2. The Morgan fingerprint density at radius 1 is 1.30 bits per heavy atom. The molecule has 3 rings (SSSR count). The maximum atomic E-state index is 13.3. The van der Waals surface area contributed by atoms with Crippen LogP contribution in [0.15, 0.2) is 18.5 Å². The first kappa shape index (κ1) is 22.0. The minimum absolute atomic E-state index is 0.222. The molecule has 2 N–H and O–H groups in total. The molecular weight excluding hydrogens is 380 g/mol. The summed E-state index contributed by atoms with van der Waals surface area (Å²) in [6.45, 7) is 11.3. The number of aryl methyl sites for hydroxylation is 1. The highest BCUT2D eigenvalue weighted by Gasteiger charge is 2.35. The Balaban J connectivity index is 2.07. The molecule has 0 radical (unpaired) electrons. The molecule has 2 aromatic heterocycles. The van der Waals surface area contributed by atoms with Gasteiger partial charge >= 0.3 is 0 Å². The lowest BCUT2D eigenvalue weighted by molar-refractivity contribution is -0.124. The monoisotopic (exact) mass is 412 g/mol. The van der Waals surface area contributed by atoms with Crippen molar-refractivity contribution in [3.8, 4) is 11.4 Å². The second-order valence-corrected chi connectivity index (χ2v) is 9.18. The molecule has 8 nitrogen and oxygen atoms in total. The molecule has 0 spiro atoms. The molecule has 0 aliphatic carbocycles. The van der Waals surface area contributed by atoms with Crippen LogP contribution in [-0.2, 0) is 17.9 Å². The quantitative estimate of drug-likeness (QED) is 0.801. The Bertz CT molecular complexity index is 959. The summed E-state index contributed by atoms with van der Waals surface area (Å²) < 4.78 is 2.13. The van der Waals surface area contributed by atoms with Crippen LogP contribution in [0.4, 0.5) is 0 Å². The molecule has 2 aromatic rings. The molecule has 1 aliphatic heterocycles. The number of amides is 2. The molecular formula is C22H32N6O2. The molecule has 0 fully saturated rings. The van der Waals surface area contributed by atoms with Crippen molar-refractivity contribution >= 4 is 11.8 Å². The van der Waals surface area contributed by atoms with Gasteiger partial charge in [0.15, 0.2) is 5.69 Å². The van der Waals surface area contributed by atoms with Crippen LogP contribution in [0.3, 0.4) is 0 Å². The fraction of sp³-hybridized carbons (Fsp3) is 0.545. The summed E-state index contributed by atoms with van der Waals surface area (Å²) in [5.74, 6) is 0.213. The number of carbonyl (C=O) groups is 2. The zero-order chi connectivity index (χ0) is 22.2. The number of carbonyl (C=O) groups excluding carboxylic acids is 2. The minimum atomic E-state index is -0.668. The van der Waals surface area contributed by atoms with Crippen LogP contribution >= 0.6 is 0 Å². The second-order valence-electron chi connectivity index (χ2n) is 9.18. The smallest absolute Gasteiger partial charge is 0.272 e. The number of aromatic nitrogens is 3. The van der Waals surface area contributed by atoms with E-state index in [0.717, 1.165) is 29.2 Å². The third-order valence-corrected chi connectivity index (χ3v) is 5.80. The predicted molar refractivity (Wildman–Crippen MR) is 116 cm³/mol. The average molecular weight is 413 g/mol. The van der Waals surface area contributed by atoms with Crippen LogP contribution in [0.25, 0.3) is 11.4 Å². The Hall–Kier alpha value is -2.74. The lowest BCUT2D eigenvalue weighted by atomic mass is 9.86. The van der Waals surface area contributed by atoms with Crippen molar-refractivity contribution in [2.75, 3.05) is 14.1 Å². The van der Waals surface area contributed by atoms with Gasteiger partial charge in [0.1, 0.15) is 11.9 Å². The van der Waals surface area contributed by atoms with Crippen molar-refractivity contribution in [3.63, 3.8) is 0 Å². The van der Waals surface area contributed by atoms with Crippen LogP contribution < -0.4 is 10.6 Å². The molecule has 1 unspecified atom stereocenters. The van der Waals surface area contributed by atoms with E-state index in [1.807, 2.05) is 40.8 Å². The lowest BCUT2D eigenvalue weighted by Crippen LogP contribution is -2.53. The third-order valence-electron chi connectivity index (χ3n) is 5.80. The number of rotatable bonds is 4. The van der Waals surface area contributed by atoms with Gasteiger partial charge in [-0.2, -0.15) is 0 Å². The van der Waals surface area contributed by atoms with E-state index in [1.165, 1.54) is 0 Å². The second kappa shape index (κ2) is 8.18. The number of hydrogen-bond donors (Lipinski definition) is 2. The van der Waals surface area contributed by atoms with E-state index >= 15 is 0 Å². The standard InChI is InChI=1S/C22H32N6O2/c1-13-10-24-9-8-15(13)19-25-17(16-12-27(7)14(2)11-28(16)19)20(29)26-18(21(30)23-6)22(3,4)5/h8-10,14,18H,11-12H2,1-7H3,(H,23,30)(H,26,29)/t14?,18-/m1/s1. The van der Waals surface area contributed by atoms with Gasteiger partial charge in [-0.25, -0.2) is 4.98 Å². The topological polar surface area (TPSA) is 92.1 Å². The average Bonchev–Trinajstić information content (AvgIpc) is 3.03. The van der Waals surface area contributed by atoms with Crippen LogP contribution in [-0.4, -0.2) is 57.4 Å². The van der Waals surface area contributed by atoms with Crippen molar-refractivity contribution in [1.82, 2.24) is 30.1 Å². The molecule has 3 heterocycles. The van der Waals surface area contributed by atoms with E-state index in [2.05, 4.69) is 32.0 Å². The largest absolute Gasteiger partial charge is 0.357 e. The number of imidazole rings is 1. The minimum Gasteiger partial charge on any atom is -0.357 e. The molecule has 0 bridgehead atoms. The van der Waals surface area contributed by atoms with Crippen molar-refractivity contribution in [2.45, 2.75) is 59.8 Å². The van der Waals surface area contributed by atoms with Crippen molar-refractivity contribution in [3.05, 3.63) is 35.4 Å². The van der Waals surface area contributed by atoms with Crippen molar-refractivity contribution < 1.29 is 9.59 Å². The number of nitrogens with one attached hydrogen (secondary N) is 2. The molecule has 0 aromatic carbocycles. The van der Waals surface area contributed by atoms with Crippen LogP contribution in [0.1, 0.15) is 49.4 Å². The molecule has 0 saturated heterocycles. The van der Waals surface area contributed by atoms with Crippen LogP contribution in [0.5, 0.6) is 0 Å². The fourth-order valence-electron chi connectivity index (χ4n) is 3.77. The molecule has 0 saturated carbocycles. The highest BCUT2D eigenvalue weighted by molar-refractivity contribution is 5.98. The number of pyridine rings is 1. The van der Waals surface area contributed by atoms with Gasteiger partial charge in [-0.05, 0) is 37.9 Å². The highest BCUT2D eigenvalue weighted by atomic mass is 16.2. The molecule has 2 atom stereocenters. The van der Waals surface area contributed by atoms with E-state index in [9.17, 15) is 9.59 Å². The zero-order valence-electron chi connectivity index (χ0n) is 18.9. The summed E-state index contributed by atoms with van der Waals surface area (Å²) in [5.41, 5.74) is 2.76. The van der Waals surface area contributed by atoms with Gasteiger partial charge in [-0.15, -0.1) is 0 Å². The molecule has 162 valence electrons. The van der Waals surface area contributed by atoms with Gasteiger partial charge in [0.05, 0.1) is 5.69 Å². The summed E-state index contributed by atoms with van der Waals surface area (Å²) in [7, 11) is 3.62. The first-order chi connectivity index (χ1) is 14.0. The first-order valence-electron chi connectivity index (χ1n) is 10.3. The Morgan fingerprint density at radius 3 is 2.60 bits per heavy atom. The summed E-state index contributed by atoms with van der Waals surface area (Å²) in [6, 6.07) is 1.58. The summed E-state index contributed by atoms with van der Waals surface area (Å²) in [4.78, 5) is 36.9. The van der Waals surface area contributed by atoms with Gasteiger partial charge < -0.3 is 15.2 Å². The fourth-order valence-corrected chi connectivity index (χ4v) is 3.77. The predicted octanol–water partition coefficient (Wildman–Crippen LogP) is 1.98. The maximum absolute atomic E-state index is 13.3. The Labute approximate surface area is 178 Å². The van der Waals surface area contributed by atoms with Crippen molar-refractivity contribution in [1.29, 1.82) is 0 Å². The molecule has 30 heavy (non-hydrogen) atoms. The van der Waals surface area contributed by atoms with Gasteiger partial charge in [-0.3, -0.25) is 19.5 Å². The van der Waals surface area contributed by atoms with Crippen molar-refractivity contribution in [2.24, 2.45) is 5.41 Å². The number of nitrogens with zero attached hydrogens (tertiary/aromatic N) is 4. The molecule has 1 aliphatic rings. The van der Waals surface area contributed by atoms with Gasteiger partial charge in [0, 0.05) is 44.1 Å². The summed E-state index contributed by atoms with van der Waals surface area (Å²) in [5, 5.41) is 5.57. The Kier molecular flexibility index (Phi) is 5.99. The summed E-state index contributed by atoms with van der Waals surface area (Å²) >= 11 is 0. The van der Waals surface area contributed by atoms with Gasteiger partial charge in [0.2, 0.25) is 5.91 Å². The van der Waals surface area contributed by atoms with E-state index < -0.39 is 11.5 Å². The van der Waals surface area contributed by atoms with E-state index in [-0.39, 0.29) is 11.8 Å². The lowest BCUT2D eigenvalue weighted by Gasteiger charge is -2.33. The van der Waals surface area contributed by atoms with E-state index in [0.29, 0.717) is 18.3 Å². The molecule has 2 amide bonds. The normalized spacial score (nSPS) is 17.9. The van der Waals surface area contributed by atoms with E-state index in [4.69, 9.17) is 4.98 Å². The van der Waals surface area contributed by atoms with Crippen LogP contribution in [0.2, 0.25) is 0 Å².